The Morgan fingerprint density at radius 2 is 1.83 bits per heavy atom. The normalized spacial score (nSPS) is 10.3. The van der Waals surface area contributed by atoms with E-state index >= 15 is 0 Å². The molecule has 0 fully saturated rings. The first-order valence-electron chi connectivity index (χ1n) is 9.25. The summed E-state index contributed by atoms with van der Waals surface area (Å²) in [5, 5.41) is 6.50. The standard InChI is InChI=1S/C22H24N4O3/c1-15-13-20(25-18-9-7-17(8-10-18)21(27)29-3)26-22(24-15)23-12-11-16-5-4-6-19(14-16)28-2/h4-10,13-14H,11-12H2,1-3H3,(H2,23,24,25,26). The van der Waals surface area contributed by atoms with Gasteiger partial charge in [0, 0.05) is 24.0 Å². The van der Waals surface area contributed by atoms with E-state index in [1.807, 2.05) is 31.2 Å². The number of benzene rings is 2. The minimum atomic E-state index is -0.364. The average Bonchev–Trinajstić information content (AvgIpc) is 2.73. The zero-order valence-corrected chi connectivity index (χ0v) is 16.7. The largest absolute Gasteiger partial charge is 0.497 e. The van der Waals surface area contributed by atoms with Crippen LogP contribution >= 0.6 is 0 Å². The summed E-state index contributed by atoms with van der Waals surface area (Å²) in [6.07, 6.45) is 0.826. The van der Waals surface area contributed by atoms with Gasteiger partial charge in [0.1, 0.15) is 11.6 Å². The van der Waals surface area contributed by atoms with E-state index < -0.39 is 0 Å². The van der Waals surface area contributed by atoms with Crippen molar-refractivity contribution in [1.82, 2.24) is 9.97 Å². The lowest BCUT2D eigenvalue weighted by Gasteiger charge is -2.11. The summed E-state index contributed by atoms with van der Waals surface area (Å²) in [6.45, 7) is 2.62. The molecular weight excluding hydrogens is 368 g/mol. The molecule has 3 aromatic rings. The fourth-order valence-corrected chi connectivity index (χ4v) is 2.81. The Bertz CT molecular complexity index is 974. The number of nitrogens with one attached hydrogen (secondary N) is 2. The van der Waals surface area contributed by atoms with Gasteiger partial charge in [-0.2, -0.15) is 4.98 Å². The van der Waals surface area contributed by atoms with Crippen LogP contribution in [0.3, 0.4) is 0 Å². The smallest absolute Gasteiger partial charge is 0.337 e. The highest BCUT2D eigenvalue weighted by atomic mass is 16.5. The number of ether oxygens (including phenoxy) is 2. The summed E-state index contributed by atoms with van der Waals surface area (Å²) in [6, 6.07) is 16.9. The third-order valence-corrected chi connectivity index (χ3v) is 4.26. The lowest BCUT2D eigenvalue weighted by molar-refractivity contribution is 0.0601. The van der Waals surface area contributed by atoms with Crippen LogP contribution < -0.4 is 15.4 Å². The third-order valence-electron chi connectivity index (χ3n) is 4.26. The number of aromatic nitrogens is 2. The van der Waals surface area contributed by atoms with Gasteiger partial charge in [-0.25, -0.2) is 9.78 Å². The minimum absolute atomic E-state index is 0.364. The SMILES string of the molecule is COC(=O)c1ccc(Nc2cc(C)nc(NCCc3cccc(OC)c3)n2)cc1. The van der Waals surface area contributed by atoms with Gasteiger partial charge >= 0.3 is 5.97 Å². The average molecular weight is 392 g/mol. The second-order valence-electron chi connectivity index (χ2n) is 6.44. The van der Waals surface area contributed by atoms with Crippen molar-refractivity contribution in [2.75, 3.05) is 31.4 Å². The van der Waals surface area contributed by atoms with Gasteiger partial charge in [-0.1, -0.05) is 12.1 Å². The summed E-state index contributed by atoms with van der Waals surface area (Å²) in [5.41, 5.74) is 3.33. The van der Waals surface area contributed by atoms with E-state index in [2.05, 4.69) is 26.7 Å². The molecule has 0 unspecified atom stereocenters. The predicted molar refractivity (Wildman–Crippen MR) is 113 cm³/mol. The minimum Gasteiger partial charge on any atom is -0.497 e. The van der Waals surface area contributed by atoms with Crippen LogP contribution in [0.25, 0.3) is 0 Å². The second kappa shape index (κ2) is 9.54. The van der Waals surface area contributed by atoms with Gasteiger partial charge in [0.15, 0.2) is 0 Å². The third kappa shape index (κ3) is 5.68. The van der Waals surface area contributed by atoms with Gasteiger partial charge in [0.2, 0.25) is 5.95 Å². The maximum Gasteiger partial charge on any atom is 0.337 e. The Morgan fingerprint density at radius 1 is 1.03 bits per heavy atom. The molecule has 7 nitrogen and oxygen atoms in total. The van der Waals surface area contributed by atoms with Gasteiger partial charge in [0.25, 0.3) is 0 Å². The maximum absolute atomic E-state index is 11.5. The summed E-state index contributed by atoms with van der Waals surface area (Å²) in [5.74, 6) is 1.71. The maximum atomic E-state index is 11.5. The molecule has 0 aliphatic rings. The Morgan fingerprint density at radius 3 is 2.55 bits per heavy atom. The molecule has 7 heteroatoms. The van der Waals surface area contributed by atoms with Crippen LogP contribution in [0.1, 0.15) is 21.6 Å². The van der Waals surface area contributed by atoms with E-state index in [0.29, 0.717) is 23.9 Å². The second-order valence-corrected chi connectivity index (χ2v) is 6.44. The number of hydrogen-bond donors (Lipinski definition) is 2. The lowest BCUT2D eigenvalue weighted by Crippen LogP contribution is -2.09. The molecule has 3 rings (SSSR count). The molecule has 0 aliphatic carbocycles. The topological polar surface area (TPSA) is 85.4 Å². The van der Waals surface area contributed by atoms with E-state index in [-0.39, 0.29) is 5.97 Å². The summed E-state index contributed by atoms with van der Waals surface area (Å²) in [7, 11) is 3.02. The van der Waals surface area contributed by atoms with Crippen molar-refractivity contribution < 1.29 is 14.3 Å². The summed E-state index contributed by atoms with van der Waals surface area (Å²) < 4.78 is 9.97. The molecule has 29 heavy (non-hydrogen) atoms. The highest BCUT2D eigenvalue weighted by molar-refractivity contribution is 5.89. The first-order valence-corrected chi connectivity index (χ1v) is 9.25. The number of methoxy groups -OCH3 is 2. The number of nitrogens with zero attached hydrogens (tertiary/aromatic N) is 2. The van der Waals surface area contributed by atoms with Gasteiger partial charge in [0.05, 0.1) is 19.8 Å². The summed E-state index contributed by atoms with van der Waals surface area (Å²) >= 11 is 0. The lowest BCUT2D eigenvalue weighted by atomic mass is 10.1. The molecule has 0 aliphatic heterocycles. The Balaban J connectivity index is 1.62. The number of carbonyl (C=O) groups is 1. The molecule has 0 radical (unpaired) electrons. The van der Waals surface area contributed by atoms with Crippen LogP contribution in [0, 0.1) is 6.92 Å². The summed E-state index contributed by atoms with van der Waals surface area (Å²) in [4.78, 5) is 20.5. The van der Waals surface area contributed by atoms with Crippen molar-refractivity contribution in [1.29, 1.82) is 0 Å². The molecule has 0 bridgehead atoms. The molecule has 1 aromatic heterocycles. The van der Waals surface area contributed by atoms with Crippen molar-refractivity contribution in [3.05, 3.63) is 71.4 Å². The number of hydrogen-bond acceptors (Lipinski definition) is 7. The van der Waals surface area contributed by atoms with Crippen LogP contribution in [-0.4, -0.2) is 36.7 Å². The van der Waals surface area contributed by atoms with E-state index in [4.69, 9.17) is 9.47 Å². The number of aryl methyl sites for hydroxylation is 1. The molecule has 0 saturated heterocycles. The van der Waals surface area contributed by atoms with E-state index in [1.54, 1.807) is 31.4 Å². The fraction of sp³-hybridized carbons (Fsp3) is 0.227. The zero-order chi connectivity index (χ0) is 20.6. The number of anilines is 3. The predicted octanol–water partition coefficient (Wildman–Crippen LogP) is 3.98. The highest BCUT2D eigenvalue weighted by Crippen LogP contribution is 2.18. The van der Waals surface area contributed by atoms with E-state index in [0.717, 1.165) is 23.6 Å². The van der Waals surface area contributed by atoms with Gasteiger partial charge in [-0.15, -0.1) is 0 Å². The first-order chi connectivity index (χ1) is 14.1. The number of carbonyl (C=O) groups excluding carboxylic acids is 1. The first kappa shape index (κ1) is 20.1. The molecule has 0 amide bonds. The van der Waals surface area contributed by atoms with Crippen LogP contribution in [0.15, 0.2) is 54.6 Å². The molecule has 1 heterocycles. The van der Waals surface area contributed by atoms with Crippen molar-refractivity contribution in [2.45, 2.75) is 13.3 Å². The molecule has 0 atom stereocenters. The molecule has 150 valence electrons. The molecule has 2 aromatic carbocycles. The molecule has 0 spiro atoms. The van der Waals surface area contributed by atoms with Crippen LogP contribution in [0.4, 0.5) is 17.5 Å². The Labute approximate surface area is 170 Å². The Kier molecular flexibility index (Phi) is 6.63. The van der Waals surface area contributed by atoms with Gasteiger partial charge in [-0.05, 0) is 55.3 Å². The van der Waals surface area contributed by atoms with Crippen molar-refractivity contribution in [3.8, 4) is 5.75 Å². The van der Waals surface area contributed by atoms with Crippen molar-refractivity contribution >= 4 is 23.4 Å². The van der Waals surface area contributed by atoms with Gasteiger partial charge in [-0.3, -0.25) is 0 Å². The molecule has 2 N–H and O–H groups in total. The van der Waals surface area contributed by atoms with Crippen molar-refractivity contribution in [3.63, 3.8) is 0 Å². The molecule has 0 saturated carbocycles. The van der Waals surface area contributed by atoms with Crippen LogP contribution in [0.5, 0.6) is 5.75 Å². The zero-order valence-electron chi connectivity index (χ0n) is 16.7. The van der Waals surface area contributed by atoms with E-state index in [9.17, 15) is 4.79 Å². The number of esters is 1. The number of rotatable bonds is 8. The fourth-order valence-electron chi connectivity index (χ4n) is 2.81. The van der Waals surface area contributed by atoms with Crippen LogP contribution in [-0.2, 0) is 11.2 Å². The highest BCUT2D eigenvalue weighted by Gasteiger charge is 2.06. The molecular formula is C22H24N4O3. The quantitative estimate of drug-likeness (QED) is 0.561. The monoisotopic (exact) mass is 392 g/mol. The van der Waals surface area contributed by atoms with Gasteiger partial charge < -0.3 is 20.1 Å². The van der Waals surface area contributed by atoms with E-state index in [1.165, 1.54) is 12.7 Å². The Hall–Kier alpha value is -3.61. The van der Waals surface area contributed by atoms with Crippen molar-refractivity contribution in [2.24, 2.45) is 0 Å². The van der Waals surface area contributed by atoms with Crippen LogP contribution in [0.2, 0.25) is 0 Å².